The Balaban J connectivity index is 1.68. The smallest absolute Gasteiger partial charge is 0.280 e. The molecule has 8 heteroatoms. The molecule has 0 bridgehead atoms. The summed E-state index contributed by atoms with van der Waals surface area (Å²) in [5.74, 6) is -0.619. The van der Waals surface area contributed by atoms with Gasteiger partial charge in [0.15, 0.2) is 0 Å². The topological polar surface area (TPSA) is 117 Å². The molecule has 2 aromatic carbocycles. The zero-order valence-corrected chi connectivity index (χ0v) is 18.2. The molecule has 2 heterocycles. The van der Waals surface area contributed by atoms with Gasteiger partial charge in [-0.25, -0.2) is 0 Å². The average molecular weight is 453 g/mol. The molecule has 3 aromatic rings. The number of nitriles is 1. The molecule has 0 aliphatic carbocycles. The summed E-state index contributed by atoms with van der Waals surface area (Å²) in [6, 6.07) is 20.7. The van der Waals surface area contributed by atoms with Crippen molar-refractivity contribution in [3.05, 3.63) is 105 Å². The number of rotatable bonds is 6. The maximum absolute atomic E-state index is 13.2. The molecule has 1 aliphatic rings. The number of para-hydroxylation sites is 1. The van der Waals surface area contributed by atoms with Crippen LogP contribution >= 0.6 is 0 Å². The standard InChI is InChI=1S/C26H19N3O5/c1-17-21(15-19-11-12-24(34-19)20-9-5-6-10-23(20)29(32)33)25(30)28(26(31)22(17)16-27)14-13-18-7-3-2-4-8-18/h2-12,15H,13-14H2,1H3/b21-15+. The Morgan fingerprint density at radius 3 is 2.44 bits per heavy atom. The van der Waals surface area contributed by atoms with E-state index in [-0.39, 0.29) is 40.5 Å². The van der Waals surface area contributed by atoms with Crippen molar-refractivity contribution >= 4 is 23.6 Å². The van der Waals surface area contributed by atoms with Gasteiger partial charge in [0.1, 0.15) is 23.2 Å². The van der Waals surface area contributed by atoms with Gasteiger partial charge in [0, 0.05) is 18.2 Å². The molecule has 2 amide bonds. The van der Waals surface area contributed by atoms with Crippen molar-refractivity contribution in [1.29, 1.82) is 5.26 Å². The number of nitro benzene ring substituents is 1. The summed E-state index contributed by atoms with van der Waals surface area (Å²) in [5, 5.41) is 20.9. The molecule has 0 radical (unpaired) electrons. The lowest BCUT2D eigenvalue weighted by atomic mass is 9.94. The summed E-state index contributed by atoms with van der Waals surface area (Å²) in [7, 11) is 0. The van der Waals surface area contributed by atoms with E-state index in [2.05, 4.69) is 0 Å². The molecule has 0 saturated heterocycles. The third kappa shape index (κ3) is 4.27. The van der Waals surface area contributed by atoms with Gasteiger partial charge < -0.3 is 4.42 Å². The van der Waals surface area contributed by atoms with Crippen LogP contribution in [0.1, 0.15) is 18.2 Å². The van der Waals surface area contributed by atoms with Crippen LogP contribution in [-0.2, 0) is 16.0 Å². The lowest BCUT2D eigenvalue weighted by Gasteiger charge is -2.27. The number of nitrogens with zero attached hydrogens (tertiary/aromatic N) is 3. The molecule has 0 fully saturated rings. The maximum Gasteiger partial charge on any atom is 0.280 e. The number of carbonyl (C=O) groups excluding carboxylic acids is 2. The second kappa shape index (κ2) is 9.38. The molecule has 8 nitrogen and oxygen atoms in total. The lowest BCUT2D eigenvalue weighted by Crippen LogP contribution is -2.43. The zero-order valence-electron chi connectivity index (χ0n) is 18.2. The van der Waals surface area contributed by atoms with E-state index in [0.717, 1.165) is 10.5 Å². The molecule has 34 heavy (non-hydrogen) atoms. The number of amides is 2. The summed E-state index contributed by atoms with van der Waals surface area (Å²) < 4.78 is 5.78. The van der Waals surface area contributed by atoms with Crippen molar-refractivity contribution in [2.75, 3.05) is 6.54 Å². The van der Waals surface area contributed by atoms with Gasteiger partial charge in [0.25, 0.3) is 17.5 Å². The number of hydrogen-bond donors (Lipinski definition) is 0. The average Bonchev–Trinajstić information content (AvgIpc) is 3.31. The van der Waals surface area contributed by atoms with Crippen molar-refractivity contribution in [3.8, 4) is 17.4 Å². The van der Waals surface area contributed by atoms with Gasteiger partial charge in [0.2, 0.25) is 0 Å². The Hall–Kier alpha value is -4.77. The lowest BCUT2D eigenvalue weighted by molar-refractivity contribution is -0.384. The third-order valence-electron chi connectivity index (χ3n) is 5.57. The monoisotopic (exact) mass is 453 g/mol. The van der Waals surface area contributed by atoms with E-state index in [0.29, 0.717) is 12.0 Å². The number of furan rings is 1. The fourth-order valence-corrected chi connectivity index (χ4v) is 3.78. The highest BCUT2D eigenvalue weighted by Crippen LogP contribution is 2.33. The van der Waals surface area contributed by atoms with E-state index < -0.39 is 16.7 Å². The Bertz CT molecular complexity index is 1390. The first-order valence-electron chi connectivity index (χ1n) is 10.5. The number of imide groups is 1. The molecule has 0 unspecified atom stereocenters. The van der Waals surface area contributed by atoms with Gasteiger partial charge in [-0.05, 0) is 48.8 Å². The van der Waals surface area contributed by atoms with Crippen LogP contribution in [0.4, 0.5) is 5.69 Å². The molecular weight excluding hydrogens is 434 g/mol. The van der Waals surface area contributed by atoms with Crippen LogP contribution in [0, 0.1) is 21.4 Å². The molecule has 1 aliphatic heterocycles. The molecule has 1 aromatic heterocycles. The highest BCUT2D eigenvalue weighted by Gasteiger charge is 2.35. The predicted octanol–water partition coefficient (Wildman–Crippen LogP) is 4.69. The Kier molecular flexibility index (Phi) is 6.19. The van der Waals surface area contributed by atoms with Gasteiger partial charge in [0.05, 0.1) is 10.5 Å². The summed E-state index contributed by atoms with van der Waals surface area (Å²) >= 11 is 0. The molecule has 0 N–H and O–H groups in total. The van der Waals surface area contributed by atoms with Crippen LogP contribution in [-0.4, -0.2) is 28.2 Å². The van der Waals surface area contributed by atoms with Gasteiger partial charge >= 0.3 is 0 Å². The van der Waals surface area contributed by atoms with Crippen LogP contribution < -0.4 is 0 Å². The third-order valence-corrected chi connectivity index (χ3v) is 5.57. The van der Waals surface area contributed by atoms with Crippen molar-refractivity contribution in [3.63, 3.8) is 0 Å². The fraction of sp³-hybridized carbons (Fsp3) is 0.115. The first kappa shape index (κ1) is 22.4. The Morgan fingerprint density at radius 2 is 1.74 bits per heavy atom. The minimum absolute atomic E-state index is 0.106. The van der Waals surface area contributed by atoms with Crippen LogP contribution in [0.3, 0.4) is 0 Å². The first-order chi connectivity index (χ1) is 16.4. The summed E-state index contributed by atoms with van der Waals surface area (Å²) in [5.41, 5.74) is 1.47. The Morgan fingerprint density at radius 1 is 1.03 bits per heavy atom. The largest absolute Gasteiger partial charge is 0.456 e. The SMILES string of the molecule is CC1=C(C#N)C(=O)N(CCc2ccccc2)C(=O)/C1=C/c1ccc(-c2ccccc2[N+](=O)[O-])o1. The second-order valence-corrected chi connectivity index (χ2v) is 7.64. The molecular formula is C26H19N3O5. The van der Waals surface area contributed by atoms with Crippen molar-refractivity contribution in [2.24, 2.45) is 0 Å². The Labute approximate surface area is 195 Å². The van der Waals surface area contributed by atoms with Gasteiger partial charge in [-0.2, -0.15) is 5.26 Å². The molecule has 0 spiro atoms. The van der Waals surface area contributed by atoms with Crippen LogP contribution in [0.2, 0.25) is 0 Å². The molecule has 4 rings (SSSR count). The van der Waals surface area contributed by atoms with Gasteiger partial charge in [-0.3, -0.25) is 24.6 Å². The van der Waals surface area contributed by atoms with E-state index in [1.165, 1.54) is 12.1 Å². The maximum atomic E-state index is 13.2. The van der Waals surface area contributed by atoms with Crippen LogP contribution in [0.15, 0.2) is 87.9 Å². The van der Waals surface area contributed by atoms with Gasteiger partial charge in [-0.1, -0.05) is 42.5 Å². The highest BCUT2D eigenvalue weighted by molar-refractivity contribution is 6.19. The number of carbonyl (C=O) groups is 2. The summed E-state index contributed by atoms with van der Waals surface area (Å²) in [6.45, 7) is 1.66. The predicted molar refractivity (Wildman–Crippen MR) is 124 cm³/mol. The van der Waals surface area contributed by atoms with Crippen molar-refractivity contribution in [2.45, 2.75) is 13.3 Å². The number of benzene rings is 2. The highest BCUT2D eigenvalue weighted by atomic mass is 16.6. The summed E-state index contributed by atoms with van der Waals surface area (Å²) in [4.78, 5) is 37.9. The second-order valence-electron chi connectivity index (χ2n) is 7.64. The van der Waals surface area contributed by atoms with Crippen molar-refractivity contribution in [1.82, 2.24) is 4.90 Å². The van der Waals surface area contributed by atoms with Crippen LogP contribution in [0.25, 0.3) is 17.4 Å². The minimum atomic E-state index is -0.627. The van der Waals surface area contributed by atoms with Crippen molar-refractivity contribution < 1.29 is 18.9 Å². The molecule has 0 saturated carbocycles. The number of hydrogen-bond acceptors (Lipinski definition) is 6. The van der Waals surface area contributed by atoms with E-state index >= 15 is 0 Å². The van der Waals surface area contributed by atoms with E-state index in [4.69, 9.17) is 4.42 Å². The molecule has 168 valence electrons. The van der Waals surface area contributed by atoms with E-state index in [9.17, 15) is 25.0 Å². The first-order valence-corrected chi connectivity index (χ1v) is 10.5. The quantitative estimate of drug-likeness (QED) is 0.231. The van der Waals surface area contributed by atoms with E-state index in [1.807, 2.05) is 36.4 Å². The van der Waals surface area contributed by atoms with Crippen LogP contribution in [0.5, 0.6) is 0 Å². The normalized spacial score (nSPS) is 15.1. The minimum Gasteiger partial charge on any atom is -0.456 e. The van der Waals surface area contributed by atoms with E-state index in [1.54, 1.807) is 37.3 Å². The van der Waals surface area contributed by atoms with Gasteiger partial charge in [-0.15, -0.1) is 0 Å². The summed E-state index contributed by atoms with van der Waals surface area (Å²) in [6.07, 6.45) is 1.90. The fourth-order valence-electron chi connectivity index (χ4n) is 3.78. The number of nitro groups is 1. The molecule has 0 atom stereocenters. The zero-order chi connectivity index (χ0) is 24.2.